The molecule has 1 heterocycles. The molecule has 2 rings (SSSR count). The van der Waals surface area contributed by atoms with E-state index in [0.717, 1.165) is 37.3 Å². The third kappa shape index (κ3) is 5.14. The Morgan fingerprint density at radius 1 is 1.29 bits per heavy atom. The van der Waals surface area contributed by atoms with Crippen molar-refractivity contribution in [2.24, 2.45) is 5.92 Å². The minimum Gasteiger partial charge on any atom is -0.312 e. The summed E-state index contributed by atoms with van der Waals surface area (Å²) in [6, 6.07) is 6.00. The number of hydrogen-bond donors (Lipinski definition) is 1. The largest absolute Gasteiger partial charge is 0.312 e. The molecule has 0 spiro atoms. The number of halogens is 1. The van der Waals surface area contributed by atoms with Gasteiger partial charge in [0.2, 0.25) is 0 Å². The third-order valence-corrected chi connectivity index (χ3v) is 6.10. The highest BCUT2D eigenvalue weighted by Crippen LogP contribution is 2.36. The second-order valence-corrected chi connectivity index (χ2v) is 8.61. The minimum atomic E-state index is 0.621. The van der Waals surface area contributed by atoms with E-state index in [2.05, 4.69) is 35.4 Å². The number of thioether (sulfide) groups is 1. The molecule has 1 N–H and O–H groups in total. The van der Waals surface area contributed by atoms with Crippen LogP contribution in [0.4, 0.5) is 0 Å². The molecule has 0 unspecified atom stereocenters. The zero-order chi connectivity index (χ0) is 15.2. The summed E-state index contributed by atoms with van der Waals surface area (Å²) in [5.41, 5.74) is 1.13. The molecule has 114 valence electrons. The molecule has 1 aromatic heterocycles. The molecule has 0 amide bonds. The Balaban J connectivity index is 2.12. The third-order valence-electron chi connectivity index (χ3n) is 2.69. The lowest BCUT2D eigenvalue weighted by atomic mass is 10.2. The molecule has 1 aromatic carbocycles. The van der Waals surface area contributed by atoms with Crippen LogP contribution in [0.1, 0.15) is 19.4 Å². The van der Waals surface area contributed by atoms with Crippen molar-refractivity contribution in [3.05, 3.63) is 28.8 Å². The molecule has 7 heteroatoms. The van der Waals surface area contributed by atoms with Crippen LogP contribution < -0.4 is 5.32 Å². The van der Waals surface area contributed by atoms with Gasteiger partial charge >= 0.3 is 0 Å². The van der Waals surface area contributed by atoms with Crippen LogP contribution in [0.3, 0.4) is 0 Å². The molecule has 21 heavy (non-hydrogen) atoms. The number of aromatic nitrogens is 2. The topological polar surface area (TPSA) is 37.8 Å². The van der Waals surface area contributed by atoms with Gasteiger partial charge in [0.15, 0.2) is 8.68 Å². The monoisotopic (exact) mass is 359 g/mol. The number of rotatable bonds is 7. The van der Waals surface area contributed by atoms with Gasteiger partial charge in [0, 0.05) is 16.5 Å². The SMILES string of the molecule is CSc1nnc(Sc2cccc(Cl)c2CNCC(C)C)s1. The summed E-state index contributed by atoms with van der Waals surface area (Å²) in [6.07, 6.45) is 2.01. The van der Waals surface area contributed by atoms with E-state index in [-0.39, 0.29) is 0 Å². The van der Waals surface area contributed by atoms with Gasteiger partial charge in [-0.2, -0.15) is 0 Å². The summed E-state index contributed by atoms with van der Waals surface area (Å²) in [7, 11) is 0. The summed E-state index contributed by atoms with van der Waals surface area (Å²) < 4.78 is 1.94. The molecule has 0 aliphatic carbocycles. The van der Waals surface area contributed by atoms with Crippen LogP contribution >= 0.6 is 46.5 Å². The fourth-order valence-corrected chi connectivity index (χ4v) is 4.56. The van der Waals surface area contributed by atoms with E-state index in [1.807, 2.05) is 18.4 Å². The fourth-order valence-electron chi connectivity index (χ4n) is 1.71. The fraction of sp³-hybridized carbons (Fsp3) is 0.429. The summed E-state index contributed by atoms with van der Waals surface area (Å²) in [6.45, 7) is 6.14. The second-order valence-electron chi connectivity index (χ2n) is 4.88. The molecule has 0 fully saturated rings. The Labute approximate surface area is 143 Å². The maximum atomic E-state index is 6.35. The average Bonchev–Trinajstić information content (AvgIpc) is 2.89. The van der Waals surface area contributed by atoms with Gasteiger partial charge in [0.05, 0.1) is 0 Å². The van der Waals surface area contributed by atoms with Crippen molar-refractivity contribution in [1.82, 2.24) is 15.5 Å². The van der Waals surface area contributed by atoms with Gasteiger partial charge < -0.3 is 5.32 Å². The van der Waals surface area contributed by atoms with E-state index in [0.29, 0.717) is 5.92 Å². The van der Waals surface area contributed by atoms with Crippen molar-refractivity contribution >= 4 is 46.5 Å². The molecule has 0 radical (unpaired) electrons. The van der Waals surface area contributed by atoms with Crippen LogP contribution in [0, 0.1) is 5.92 Å². The molecule has 2 aromatic rings. The smallest absolute Gasteiger partial charge is 0.179 e. The van der Waals surface area contributed by atoms with Crippen LogP contribution in [0.5, 0.6) is 0 Å². The van der Waals surface area contributed by atoms with Gasteiger partial charge in [-0.25, -0.2) is 0 Å². The lowest BCUT2D eigenvalue weighted by Crippen LogP contribution is -2.19. The molecule has 0 saturated carbocycles. The first-order chi connectivity index (χ1) is 10.1. The molecule has 0 aliphatic rings. The normalized spacial score (nSPS) is 11.3. The van der Waals surface area contributed by atoms with Crippen molar-refractivity contribution in [3.63, 3.8) is 0 Å². The highest BCUT2D eigenvalue weighted by molar-refractivity contribution is 8.03. The van der Waals surface area contributed by atoms with Crippen molar-refractivity contribution in [2.75, 3.05) is 12.8 Å². The first-order valence-corrected chi connectivity index (χ1v) is 9.87. The highest BCUT2D eigenvalue weighted by Gasteiger charge is 2.11. The van der Waals surface area contributed by atoms with Crippen molar-refractivity contribution in [2.45, 2.75) is 34.0 Å². The van der Waals surface area contributed by atoms with Crippen LogP contribution in [0.15, 0.2) is 31.8 Å². The molecule has 0 bridgehead atoms. The number of benzene rings is 1. The van der Waals surface area contributed by atoms with E-state index in [4.69, 9.17) is 11.6 Å². The maximum absolute atomic E-state index is 6.35. The first kappa shape index (κ1) is 17.1. The van der Waals surface area contributed by atoms with Gasteiger partial charge in [-0.3, -0.25) is 0 Å². The minimum absolute atomic E-state index is 0.621. The quantitative estimate of drug-likeness (QED) is 0.718. The standard InChI is InChI=1S/C14H18ClN3S3/c1-9(2)7-16-8-10-11(15)5-4-6-12(10)20-14-18-17-13(19-3)21-14/h4-6,9,16H,7-8H2,1-3H3. The van der Waals surface area contributed by atoms with Crippen LogP contribution in [-0.4, -0.2) is 23.0 Å². The molecule has 0 aliphatic heterocycles. The predicted molar refractivity (Wildman–Crippen MR) is 93.8 cm³/mol. The number of nitrogens with one attached hydrogen (secondary N) is 1. The Morgan fingerprint density at radius 3 is 2.71 bits per heavy atom. The molecular formula is C14H18ClN3S3. The van der Waals surface area contributed by atoms with Gasteiger partial charge in [0.25, 0.3) is 0 Å². The second kappa shape index (κ2) is 8.39. The zero-order valence-corrected chi connectivity index (χ0v) is 15.4. The molecule has 0 saturated heterocycles. The molecule has 0 atom stereocenters. The molecular weight excluding hydrogens is 342 g/mol. The predicted octanol–water partition coefficient (Wildman–Crippen LogP) is 4.81. The number of nitrogens with zero attached hydrogens (tertiary/aromatic N) is 2. The number of hydrogen-bond acceptors (Lipinski definition) is 6. The summed E-state index contributed by atoms with van der Waals surface area (Å²) >= 11 is 11.2. The van der Waals surface area contributed by atoms with E-state index >= 15 is 0 Å². The van der Waals surface area contributed by atoms with E-state index < -0.39 is 0 Å². The van der Waals surface area contributed by atoms with Crippen LogP contribution in [-0.2, 0) is 6.54 Å². The highest BCUT2D eigenvalue weighted by atomic mass is 35.5. The lowest BCUT2D eigenvalue weighted by molar-refractivity contribution is 0.550. The summed E-state index contributed by atoms with van der Waals surface area (Å²) in [5.74, 6) is 0.621. The lowest BCUT2D eigenvalue weighted by Gasteiger charge is -2.12. The average molecular weight is 360 g/mol. The van der Waals surface area contributed by atoms with E-state index in [1.165, 1.54) is 0 Å². The van der Waals surface area contributed by atoms with E-state index in [1.54, 1.807) is 34.9 Å². The Morgan fingerprint density at radius 2 is 2.05 bits per heavy atom. The summed E-state index contributed by atoms with van der Waals surface area (Å²) in [4.78, 5) is 1.14. The molecule has 3 nitrogen and oxygen atoms in total. The van der Waals surface area contributed by atoms with Crippen molar-refractivity contribution in [3.8, 4) is 0 Å². The first-order valence-electron chi connectivity index (χ1n) is 6.63. The Kier molecular flexibility index (Phi) is 6.82. The van der Waals surface area contributed by atoms with Crippen molar-refractivity contribution < 1.29 is 0 Å². The van der Waals surface area contributed by atoms with Gasteiger partial charge in [-0.05, 0) is 36.4 Å². The summed E-state index contributed by atoms with van der Waals surface area (Å²) in [5, 5.41) is 12.6. The van der Waals surface area contributed by atoms with Gasteiger partial charge in [-0.1, -0.05) is 66.4 Å². The Hall–Kier alpha value is -0.270. The zero-order valence-electron chi connectivity index (χ0n) is 12.2. The van der Waals surface area contributed by atoms with E-state index in [9.17, 15) is 0 Å². The Bertz CT molecular complexity index is 587. The van der Waals surface area contributed by atoms with Crippen LogP contribution in [0.2, 0.25) is 5.02 Å². The maximum Gasteiger partial charge on any atom is 0.179 e. The van der Waals surface area contributed by atoms with Gasteiger partial charge in [-0.15, -0.1) is 10.2 Å². The van der Waals surface area contributed by atoms with Crippen LogP contribution in [0.25, 0.3) is 0 Å². The van der Waals surface area contributed by atoms with Crippen molar-refractivity contribution in [1.29, 1.82) is 0 Å². The van der Waals surface area contributed by atoms with Gasteiger partial charge in [0.1, 0.15) is 0 Å².